The third-order valence-corrected chi connectivity index (χ3v) is 3.62. The first-order valence-corrected chi connectivity index (χ1v) is 7.13. The number of nitrogens with zero attached hydrogens (tertiary/aromatic N) is 1. The summed E-state index contributed by atoms with van der Waals surface area (Å²) in [6.45, 7) is 6.19. The lowest BCUT2D eigenvalue weighted by molar-refractivity contribution is -0.128. The van der Waals surface area contributed by atoms with E-state index >= 15 is 0 Å². The minimum Gasteiger partial charge on any atom is -0.350 e. The van der Waals surface area contributed by atoms with Crippen molar-refractivity contribution < 1.29 is 4.79 Å². The van der Waals surface area contributed by atoms with Crippen LogP contribution in [0.3, 0.4) is 0 Å². The number of rotatable bonds is 3. The van der Waals surface area contributed by atoms with Crippen LogP contribution in [-0.2, 0) is 11.3 Å². The van der Waals surface area contributed by atoms with E-state index in [1.165, 1.54) is 0 Å². The second-order valence-corrected chi connectivity index (χ2v) is 6.30. The number of hydrogen-bond acceptors (Lipinski definition) is 3. The molecule has 1 heterocycles. The summed E-state index contributed by atoms with van der Waals surface area (Å²) in [6.07, 6.45) is 0. The predicted molar refractivity (Wildman–Crippen MR) is 78.9 cm³/mol. The number of hydrogen-bond donors (Lipinski definition) is 1. The number of nitrogens with one attached hydrogen (secondary N) is 1. The van der Waals surface area contributed by atoms with Gasteiger partial charge in [-0.1, -0.05) is 51.1 Å². The van der Waals surface area contributed by atoms with Gasteiger partial charge in [-0.15, -0.1) is 11.3 Å². The van der Waals surface area contributed by atoms with E-state index in [1.807, 2.05) is 56.5 Å². The summed E-state index contributed by atoms with van der Waals surface area (Å²) >= 11 is 1.60. The fourth-order valence-electron chi connectivity index (χ4n) is 1.54. The Bertz CT molecular complexity index is 555. The summed E-state index contributed by atoms with van der Waals surface area (Å²) in [7, 11) is 0. The summed E-state index contributed by atoms with van der Waals surface area (Å²) in [6, 6.07) is 10.1. The van der Waals surface area contributed by atoms with E-state index in [0.29, 0.717) is 6.54 Å². The zero-order valence-corrected chi connectivity index (χ0v) is 12.3. The first kappa shape index (κ1) is 13.7. The first-order chi connectivity index (χ1) is 8.97. The fraction of sp³-hybridized carbons (Fsp3) is 0.333. The van der Waals surface area contributed by atoms with Crippen molar-refractivity contribution in [3.8, 4) is 10.6 Å². The van der Waals surface area contributed by atoms with Gasteiger partial charge < -0.3 is 5.32 Å². The van der Waals surface area contributed by atoms with Crippen molar-refractivity contribution in [2.24, 2.45) is 5.41 Å². The van der Waals surface area contributed by atoms with Gasteiger partial charge in [-0.2, -0.15) is 0 Å². The zero-order chi connectivity index (χ0) is 13.9. The Balaban J connectivity index is 2.01. The van der Waals surface area contributed by atoms with Gasteiger partial charge in [-0.05, 0) is 0 Å². The number of amides is 1. The van der Waals surface area contributed by atoms with Gasteiger partial charge >= 0.3 is 0 Å². The van der Waals surface area contributed by atoms with Crippen molar-refractivity contribution in [1.82, 2.24) is 10.3 Å². The van der Waals surface area contributed by atoms with E-state index < -0.39 is 0 Å². The molecule has 1 amide bonds. The Morgan fingerprint density at radius 3 is 2.58 bits per heavy atom. The Labute approximate surface area is 117 Å². The van der Waals surface area contributed by atoms with Crippen molar-refractivity contribution in [2.45, 2.75) is 27.3 Å². The number of thiazole rings is 1. The Kier molecular flexibility index (Phi) is 4.00. The standard InChI is InChI=1S/C15H18N2OS/c1-15(2,3)14(18)16-9-12-10-19-13(17-12)11-7-5-4-6-8-11/h4-8,10H,9H2,1-3H3,(H,16,18). The number of carbonyl (C=O) groups excluding carboxylic acids is 1. The molecule has 100 valence electrons. The van der Waals surface area contributed by atoms with E-state index in [0.717, 1.165) is 16.3 Å². The molecule has 0 aliphatic heterocycles. The molecule has 0 bridgehead atoms. The Hall–Kier alpha value is -1.68. The van der Waals surface area contributed by atoms with Gasteiger partial charge in [0, 0.05) is 16.4 Å². The minimum atomic E-state index is -0.363. The molecular weight excluding hydrogens is 256 g/mol. The second kappa shape index (κ2) is 5.53. The molecule has 0 saturated carbocycles. The van der Waals surface area contributed by atoms with Gasteiger partial charge in [0.1, 0.15) is 5.01 Å². The molecule has 1 aromatic carbocycles. The third-order valence-electron chi connectivity index (χ3n) is 2.68. The van der Waals surface area contributed by atoms with Gasteiger partial charge in [0.15, 0.2) is 0 Å². The summed E-state index contributed by atoms with van der Waals surface area (Å²) < 4.78 is 0. The summed E-state index contributed by atoms with van der Waals surface area (Å²) in [4.78, 5) is 16.3. The molecule has 0 saturated heterocycles. The lowest BCUT2D eigenvalue weighted by Crippen LogP contribution is -2.34. The molecule has 0 aliphatic rings. The van der Waals surface area contributed by atoms with Crippen molar-refractivity contribution in [1.29, 1.82) is 0 Å². The predicted octanol–water partition coefficient (Wildman–Crippen LogP) is 3.47. The van der Waals surface area contributed by atoms with Crippen LogP contribution in [0.4, 0.5) is 0 Å². The number of carbonyl (C=O) groups is 1. The number of aromatic nitrogens is 1. The highest BCUT2D eigenvalue weighted by Crippen LogP contribution is 2.23. The molecule has 0 unspecified atom stereocenters. The Morgan fingerprint density at radius 1 is 1.26 bits per heavy atom. The van der Waals surface area contributed by atoms with Crippen LogP contribution in [-0.4, -0.2) is 10.9 Å². The quantitative estimate of drug-likeness (QED) is 0.931. The maximum atomic E-state index is 11.8. The monoisotopic (exact) mass is 274 g/mol. The van der Waals surface area contributed by atoms with Crippen LogP contribution in [0.5, 0.6) is 0 Å². The van der Waals surface area contributed by atoms with Crippen LogP contribution in [0, 0.1) is 5.41 Å². The van der Waals surface area contributed by atoms with E-state index in [2.05, 4.69) is 10.3 Å². The molecule has 19 heavy (non-hydrogen) atoms. The molecule has 0 atom stereocenters. The minimum absolute atomic E-state index is 0.0433. The summed E-state index contributed by atoms with van der Waals surface area (Å²) in [5.41, 5.74) is 1.65. The zero-order valence-electron chi connectivity index (χ0n) is 11.4. The van der Waals surface area contributed by atoms with Crippen molar-refractivity contribution in [3.05, 3.63) is 41.4 Å². The van der Waals surface area contributed by atoms with Crippen LogP contribution in [0.25, 0.3) is 10.6 Å². The summed E-state index contributed by atoms with van der Waals surface area (Å²) in [5.74, 6) is 0.0433. The largest absolute Gasteiger partial charge is 0.350 e. The first-order valence-electron chi connectivity index (χ1n) is 6.25. The maximum absolute atomic E-state index is 11.8. The molecule has 0 spiro atoms. The van der Waals surface area contributed by atoms with Gasteiger partial charge in [0.25, 0.3) is 0 Å². The molecule has 0 aliphatic carbocycles. The molecule has 3 nitrogen and oxygen atoms in total. The molecule has 4 heteroatoms. The molecule has 1 N–H and O–H groups in total. The third kappa shape index (κ3) is 3.64. The normalized spacial score (nSPS) is 11.3. The smallest absolute Gasteiger partial charge is 0.225 e. The molecule has 2 aromatic rings. The topological polar surface area (TPSA) is 42.0 Å². The maximum Gasteiger partial charge on any atom is 0.225 e. The van der Waals surface area contributed by atoms with Crippen molar-refractivity contribution in [2.75, 3.05) is 0 Å². The second-order valence-electron chi connectivity index (χ2n) is 5.44. The van der Waals surface area contributed by atoms with E-state index in [9.17, 15) is 4.79 Å². The van der Waals surface area contributed by atoms with Crippen molar-refractivity contribution >= 4 is 17.2 Å². The van der Waals surface area contributed by atoms with Gasteiger partial charge in [-0.25, -0.2) is 4.98 Å². The highest BCUT2D eigenvalue weighted by atomic mass is 32.1. The van der Waals surface area contributed by atoms with Crippen LogP contribution in [0.2, 0.25) is 0 Å². The van der Waals surface area contributed by atoms with Crippen LogP contribution in [0.15, 0.2) is 35.7 Å². The average Bonchev–Trinajstić information content (AvgIpc) is 2.84. The molecule has 2 rings (SSSR count). The molecule has 0 fully saturated rings. The SMILES string of the molecule is CC(C)(C)C(=O)NCc1csc(-c2ccccc2)n1. The lowest BCUT2D eigenvalue weighted by Gasteiger charge is -2.16. The highest BCUT2D eigenvalue weighted by molar-refractivity contribution is 7.13. The van der Waals surface area contributed by atoms with Crippen LogP contribution < -0.4 is 5.32 Å². The fourth-order valence-corrected chi connectivity index (χ4v) is 2.36. The van der Waals surface area contributed by atoms with Crippen LogP contribution >= 0.6 is 11.3 Å². The van der Waals surface area contributed by atoms with Crippen LogP contribution in [0.1, 0.15) is 26.5 Å². The van der Waals surface area contributed by atoms with E-state index in [1.54, 1.807) is 11.3 Å². The number of benzene rings is 1. The van der Waals surface area contributed by atoms with Gasteiger partial charge in [0.05, 0.1) is 12.2 Å². The van der Waals surface area contributed by atoms with E-state index in [-0.39, 0.29) is 11.3 Å². The molecule has 0 radical (unpaired) electrons. The lowest BCUT2D eigenvalue weighted by atomic mass is 9.96. The Morgan fingerprint density at radius 2 is 1.95 bits per heavy atom. The molecule has 1 aromatic heterocycles. The summed E-state index contributed by atoms with van der Waals surface area (Å²) in [5, 5.41) is 5.89. The highest BCUT2D eigenvalue weighted by Gasteiger charge is 2.20. The van der Waals surface area contributed by atoms with Gasteiger partial charge in [0.2, 0.25) is 5.91 Å². The average molecular weight is 274 g/mol. The molecular formula is C15H18N2OS. The van der Waals surface area contributed by atoms with E-state index in [4.69, 9.17) is 0 Å². The van der Waals surface area contributed by atoms with Gasteiger partial charge in [-0.3, -0.25) is 4.79 Å². The van der Waals surface area contributed by atoms with Crippen molar-refractivity contribution in [3.63, 3.8) is 0 Å².